The molecule has 2 atom stereocenters. The summed E-state index contributed by atoms with van der Waals surface area (Å²) in [5.41, 5.74) is 1.43. The van der Waals surface area contributed by atoms with Gasteiger partial charge in [0.2, 0.25) is 0 Å². The van der Waals surface area contributed by atoms with E-state index in [9.17, 15) is 0 Å². The second kappa shape index (κ2) is 3.86. The van der Waals surface area contributed by atoms with Crippen molar-refractivity contribution in [3.8, 4) is 0 Å². The van der Waals surface area contributed by atoms with Gasteiger partial charge in [0.1, 0.15) is 0 Å². The molecule has 0 saturated carbocycles. The summed E-state index contributed by atoms with van der Waals surface area (Å²) in [5.74, 6) is 0. The average Bonchev–Trinajstić information content (AvgIpc) is 2.98. The Morgan fingerprint density at radius 2 is 2.56 bits per heavy atom. The molecular weight excluding hydrogens is 202 g/mol. The molecular formula is C12H19N3O. The highest BCUT2D eigenvalue weighted by Crippen LogP contribution is 2.32. The Hall–Kier alpha value is -0.870. The van der Waals surface area contributed by atoms with Gasteiger partial charge in [-0.3, -0.25) is 0 Å². The summed E-state index contributed by atoms with van der Waals surface area (Å²) in [4.78, 5) is 4.32. The molecule has 88 valence electrons. The van der Waals surface area contributed by atoms with Crippen molar-refractivity contribution in [2.75, 3.05) is 19.8 Å². The zero-order valence-corrected chi connectivity index (χ0v) is 9.78. The molecule has 0 aromatic carbocycles. The van der Waals surface area contributed by atoms with Crippen molar-refractivity contribution in [3.05, 3.63) is 18.2 Å². The molecule has 0 bridgehead atoms. The molecule has 1 N–H and O–H groups in total. The van der Waals surface area contributed by atoms with Gasteiger partial charge in [-0.25, -0.2) is 4.98 Å². The molecule has 16 heavy (non-hydrogen) atoms. The summed E-state index contributed by atoms with van der Waals surface area (Å²) in [6, 6.07) is 0.486. The average molecular weight is 221 g/mol. The standard InChI is InChI=1S/C12H19N3O/c1-12(4-6-16-8-12)15-9-13-7-11(15)10-3-2-5-14-10/h7,9-10,14H,2-6,8H2,1H3/t10-,12?/m0/s1. The first-order valence-corrected chi connectivity index (χ1v) is 6.13. The minimum Gasteiger partial charge on any atom is -0.379 e. The van der Waals surface area contributed by atoms with Gasteiger partial charge in [-0.15, -0.1) is 0 Å². The molecule has 4 heteroatoms. The minimum atomic E-state index is 0.107. The Balaban J connectivity index is 1.92. The quantitative estimate of drug-likeness (QED) is 0.821. The number of nitrogens with zero attached hydrogens (tertiary/aromatic N) is 2. The third-order valence-corrected chi connectivity index (χ3v) is 3.86. The zero-order valence-electron chi connectivity index (χ0n) is 9.78. The molecule has 0 amide bonds. The monoisotopic (exact) mass is 221 g/mol. The summed E-state index contributed by atoms with van der Waals surface area (Å²) in [5, 5.41) is 3.54. The van der Waals surface area contributed by atoms with Gasteiger partial charge in [-0.1, -0.05) is 0 Å². The van der Waals surface area contributed by atoms with Gasteiger partial charge in [0.25, 0.3) is 0 Å². The lowest BCUT2D eigenvalue weighted by Crippen LogP contribution is -2.33. The Labute approximate surface area is 96.0 Å². The highest BCUT2D eigenvalue weighted by molar-refractivity contribution is 5.11. The molecule has 1 unspecified atom stereocenters. The second-order valence-electron chi connectivity index (χ2n) is 5.14. The fraction of sp³-hybridized carbons (Fsp3) is 0.750. The van der Waals surface area contributed by atoms with Crippen LogP contribution in [-0.2, 0) is 10.3 Å². The highest BCUT2D eigenvalue weighted by Gasteiger charge is 2.34. The summed E-state index contributed by atoms with van der Waals surface area (Å²) in [7, 11) is 0. The number of hydrogen-bond acceptors (Lipinski definition) is 3. The predicted octanol–water partition coefficient (Wildman–Crippen LogP) is 1.44. The van der Waals surface area contributed by atoms with E-state index in [2.05, 4.69) is 21.8 Å². The van der Waals surface area contributed by atoms with Crippen LogP contribution >= 0.6 is 0 Å². The maximum absolute atomic E-state index is 5.53. The maximum atomic E-state index is 5.53. The van der Waals surface area contributed by atoms with Crippen molar-refractivity contribution in [1.29, 1.82) is 0 Å². The van der Waals surface area contributed by atoms with E-state index in [4.69, 9.17) is 4.74 Å². The minimum absolute atomic E-state index is 0.107. The Morgan fingerprint density at radius 3 is 3.25 bits per heavy atom. The van der Waals surface area contributed by atoms with Gasteiger partial charge in [-0.05, 0) is 32.7 Å². The van der Waals surface area contributed by atoms with Gasteiger partial charge >= 0.3 is 0 Å². The lowest BCUT2D eigenvalue weighted by molar-refractivity contribution is 0.159. The SMILES string of the molecule is CC1(n2cncc2[C@@H]2CCCN2)CCOC1. The molecule has 1 aromatic heterocycles. The molecule has 4 nitrogen and oxygen atoms in total. The van der Waals surface area contributed by atoms with E-state index in [1.54, 1.807) is 0 Å². The Bertz CT molecular complexity index is 362. The number of ether oxygens (including phenoxy) is 1. The molecule has 0 radical (unpaired) electrons. The molecule has 0 spiro atoms. The van der Waals surface area contributed by atoms with Crippen LogP contribution < -0.4 is 5.32 Å². The summed E-state index contributed by atoms with van der Waals surface area (Å²) in [6.07, 6.45) is 7.55. The van der Waals surface area contributed by atoms with Crippen LogP contribution in [0.3, 0.4) is 0 Å². The van der Waals surface area contributed by atoms with Gasteiger partial charge < -0.3 is 14.6 Å². The van der Waals surface area contributed by atoms with Crippen molar-refractivity contribution in [1.82, 2.24) is 14.9 Å². The molecule has 2 aliphatic heterocycles. The largest absolute Gasteiger partial charge is 0.379 e. The van der Waals surface area contributed by atoms with Crippen molar-refractivity contribution >= 4 is 0 Å². The van der Waals surface area contributed by atoms with Crippen molar-refractivity contribution < 1.29 is 4.74 Å². The van der Waals surface area contributed by atoms with Crippen LogP contribution in [0.4, 0.5) is 0 Å². The van der Waals surface area contributed by atoms with Crippen LogP contribution in [0.15, 0.2) is 12.5 Å². The Kier molecular flexibility index (Phi) is 2.48. The Morgan fingerprint density at radius 1 is 1.62 bits per heavy atom. The molecule has 3 heterocycles. The van der Waals surface area contributed by atoms with Gasteiger partial charge in [0.15, 0.2) is 0 Å². The third-order valence-electron chi connectivity index (χ3n) is 3.86. The molecule has 2 fully saturated rings. The molecule has 2 saturated heterocycles. The van der Waals surface area contributed by atoms with Crippen LogP contribution in [0.25, 0.3) is 0 Å². The first-order valence-electron chi connectivity index (χ1n) is 6.13. The normalized spacial score (nSPS) is 34.7. The molecule has 3 rings (SSSR count). The van der Waals surface area contributed by atoms with Crippen LogP contribution in [-0.4, -0.2) is 29.3 Å². The zero-order chi connectivity index (χ0) is 11.0. The van der Waals surface area contributed by atoms with Crippen LogP contribution in [0.5, 0.6) is 0 Å². The van der Waals surface area contributed by atoms with E-state index in [-0.39, 0.29) is 5.54 Å². The van der Waals surface area contributed by atoms with Crippen LogP contribution in [0, 0.1) is 0 Å². The van der Waals surface area contributed by atoms with Gasteiger partial charge in [0, 0.05) is 18.8 Å². The topological polar surface area (TPSA) is 39.1 Å². The van der Waals surface area contributed by atoms with E-state index in [1.165, 1.54) is 18.5 Å². The fourth-order valence-corrected chi connectivity index (χ4v) is 2.80. The maximum Gasteiger partial charge on any atom is 0.0954 e. The number of nitrogens with one attached hydrogen (secondary N) is 1. The van der Waals surface area contributed by atoms with Crippen molar-refractivity contribution in [2.45, 2.75) is 37.8 Å². The van der Waals surface area contributed by atoms with Crippen molar-refractivity contribution in [2.24, 2.45) is 0 Å². The van der Waals surface area contributed by atoms with E-state index in [1.807, 2.05) is 12.5 Å². The summed E-state index contributed by atoms with van der Waals surface area (Å²) in [6.45, 7) is 5.07. The van der Waals surface area contributed by atoms with Gasteiger partial charge in [-0.2, -0.15) is 0 Å². The van der Waals surface area contributed by atoms with E-state index >= 15 is 0 Å². The number of hydrogen-bond donors (Lipinski definition) is 1. The first-order chi connectivity index (χ1) is 7.80. The van der Waals surface area contributed by atoms with Crippen molar-refractivity contribution in [3.63, 3.8) is 0 Å². The van der Waals surface area contributed by atoms with Gasteiger partial charge in [0.05, 0.1) is 24.2 Å². The number of imidazole rings is 1. The summed E-state index contributed by atoms with van der Waals surface area (Å²) < 4.78 is 7.85. The summed E-state index contributed by atoms with van der Waals surface area (Å²) >= 11 is 0. The molecule has 1 aromatic rings. The number of aromatic nitrogens is 2. The van der Waals surface area contributed by atoms with E-state index in [0.29, 0.717) is 6.04 Å². The van der Waals surface area contributed by atoms with Crippen LogP contribution in [0.2, 0.25) is 0 Å². The number of rotatable bonds is 2. The smallest absolute Gasteiger partial charge is 0.0954 e. The third kappa shape index (κ3) is 1.57. The highest BCUT2D eigenvalue weighted by atomic mass is 16.5. The lowest BCUT2D eigenvalue weighted by atomic mass is 10.00. The fourth-order valence-electron chi connectivity index (χ4n) is 2.80. The lowest BCUT2D eigenvalue weighted by Gasteiger charge is -2.28. The van der Waals surface area contributed by atoms with Crippen LogP contribution in [0.1, 0.15) is 37.9 Å². The molecule has 2 aliphatic rings. The molecule has 0 aliphatic carbocycles. The van der Waals surface area contributed by atoms with E-state index in [0.717, 1.165) is 26.2 Å². The second-order valence-corrected chi connectivity index (χ2v) is 5.14. The predicted molar refractivity (Wildman–Crippen MR) is 61.3 cm³/mol. The first kappa shape index (κ1) is 10.3. The van der Waals surface area contributed by atoms with E-state index < -0.39 is 0 Å².